The summed E-state index contributed by atoms with van der Waals surface area (Å²) in [7, 11) is 0. The number of anilines is 1. The highest BCUT2D eigenvalue weighted by Crippen LogP contribution is 2.22. The van der Waals surface area contributed by atoms with Gasteiger partial charge in [0.2, 0.25) is 5.91 Å². The van der Waals surface area contributed by atoms with E-state index in [9.17, 15) is 9.59 Å². The molecule has 1 aliphatic rings. The molecule has 26 heavy (non-hydrogen) atoms. The fourth-order valence-corrected chi connectivity index (χ4v) is 2.82. The van der Waals surface area contributed by atoms with Crippen LogP contribution in [0, 0.1) is 5.92 Å². The molecule has 1 atom stereocenters. The molecule has 2 aromatic rings. The van der Waals surface area contributed by atoms with E-state index in [1.54, 1.807) is 42.5 Å². The maximum absolute atomic E-state index is 12.8. The van der Waals surface area contributed by atoms with Gasteiger partial charge in [-0.15, -0.1) is 0 Å². The number of hydrogen-bond donors (Lipinski definition) is 1. The molecule has 7 heteroatoms. The fourth-order valence-electron chi connectivity index (χ4n) is 2.52. The first-order valence-electron chi connectivity index (χ1n) is 8.11. The number of hydrogen-bond acceptors (Lipinski definition) is 5. The summed E-state index contributed by atoms with van der Waals surface area (Å²) in [5.74, 6) is -1.31. The van der Waals surface area contributed by atoms with Gasteiger partial charge in [0, 0.05) is 12.3 Å². The van der Waals surface area contributed by atoms with E-state index in [-0.39, 0.29) is 5.11 Å². The van der Waals surface area contributed by atoms with Gasteiger partial charge in [-0.05, 0) is 43.4 Å². The lowest BCUT2D eigenvalue weighted by Gasteiger charge is -2.30. The Morgan fingerprint density at radius 1 is 1.19 bits per heavy atom. The summed E-state index contributed by atoms with van der Waals surface area (Å²) in [6.45, 7) is 2.43. The van der Waals surface area contributed by atoms with Gasteiger partial charge in [0.05, 0.1) is 18.0 Å². The van der Waals surface area contributed by atoms with Crippen LogP contribution < -0.4 is 15.0 Å². The number of thiocarbonyl (C=S) groups is 1. The SMILES string of the molecule is CCOc1cccc(N=C[C@H]2C(=O)NC(=S)N(c3ccccc3)C2=O)c1. The molecule has 1 fully saturated rings. The summed E-state index contributed by atoms with van der Waals surface area (Å²) in [6.07, 6.45) is 1.33. The third-order valence-corrected chi connectivity index (χ3v) is 4.00. The Morgan fingerprint density at radius 3 is 2.69 bits per heavy atom. The summed E-state index contributed by atoms with van der Waals surface area (Å²) >= 11 is 5.15. The van der Waals surface area contributed by atoms with Crippen LogP contribution in [0.3, 0.4) is 0 Å². The maximum Gasteiger partial charge on any atom is 0.251 e. The number of para-hydroxylation sites is 1. The smallest absolute Gasteiger partial charge is 0.251 e. The largest absolute Gasteiger partial charge is 0.494 e. The zero-order chi connectivity index (χ0) is 18.5. The van der Waals surface area contributed by atoms with E-state index in [1.165, 1.54) is 11.1 Å². The quantitative estimate of drug-likeness (QED) is 0.501. The molecule has 0 saturated carbocycles. The lowest BCUT2D eigenvalue weighted by atomic mass is 10.1. The highest BCUT2D eigenvalue weighted by atomic mass is 32.1. The zero-order valence-electron chi connectivity index (χ0n) is 14.1. The monoisotopic (exact) mass is 367 g/mol. The van der Waals surface area contributed by atoms with Crippen LogP contribution >= 0.6 is 12.2 Å². The summed E-state index contributed by atoms with van der Waals surface area (Å²) < 4.78 is 5.42. The second-order valence-electron chi connectivity index (χ2n) is 5.49. The topological polar surface area (TPSA) is 71.0 Å². The Bertz CT molecular complexity index is 867. The van der Waals surface area contributed by atoms with Gasteiger partial charge >= 0.3 is 0 Å². The number of rotatable bonds is 5. The van der Waals surface area contributed by atoms with Crippen LogP contribution in [0.2, 0.25) is 0 Å². The Labute approximate surface area is 156 Å². The van der Waals surface area contributed by atoms with Crippen LogP contribution in [-0.4, -0.2) is 29.7 Å². The molecule has 1 N–H and O–H groups in total. The lowest BCUT2D eigenvalue weighted by Crippen LogP contribution is -2.58. The molecule has 1 aliphatic heterocycles. The van der Waals surface area contributed by atoms with Crippen LogP contribution in [0.1, 0.15) is 6.92 Å². The van der Waals surface area contributed by atoms with Gasteiger partial charge < -0.3 is 10.1 Å². The minimum absolute atomic E-state index is 0.0641. The molecule has 6 nitrogen and oxygen atoms in total. The summed E-state index contributed by atoms with van der Waals surface area (Å²) in [5.41, 5.74) is 1.19. The standard InChI is InChI=1S/C19H17N3O3S/c1-2-25-15-10-6-7-13(11-15)20-12-16-17(23)21-19(26)22(18(16)24)14-8-4-3-5-9-14/h3-12,16H,2H2,1H3,(H,21,23,26)/t16-/m0/s1. The van der Waals surface area contributed by atoms with E-state index >= 15 is 0 Å². The van der Waals surface area contributed by atoms with Gasteiger partial charge in [0.25, 0.3) is 5.91 Å². The lowest BCUT2D eigenvalue weighted by molar-refractivity contribution is -0.130. The first-order valence-corrected chi connectivity index (χ1v) is 8.52. The molecule has 0 unspecified atom stereocenters. The van der Waals surface area contributed by atoms with Crippen molar-refractivity contribution in [3.63, 3.8) is 0 Å². The molecule has 0 spiro atoms. The Balaban J connectivity index is 1.84. The van der Waals surface area contributed by atoms with Crippen molar-refractivity contribution in [2.24, 2.45) is 10.9 Å². The summed E-state index contributed by atoms with van der Waals surface area (Å²) in [4.78, 5) is 30.6. The van der Waals surface area contributed by atoms with E-state index < -0.39 is 17.7 Å². The van der Waals surface area contributed by atoms with Crippen molar-refractivity contribution in [2.75, 3.05) is 11.5 Å². The van der Waals surface area contributed by atoms with Crippen molar-refractivity contribution < 1.29 is 14.3 Å². The number of amides is 2. The molecule has 3 rings (SSSR count). The van der Waals surface area contributed by atoms with Crippen molar-refractivity contribution in [1.82, 2.24) is 5.32 Å². The summed E-state index contributed by atoms with van der Waals surface area (Å²) in [6, 6.07) is 16.1. The van der Waals surface area contributed by atoms with Crippen molar-refractivity contribution in [3.05, 3.63) is 54.6 Å². The molecule has 132 valence electrons. The number of nitrogens with zero attached hydrogens (tertiary/aromatic N) is 2. The third kappa shape index (κ3) is 3.78. The highest BCUT2D eigenvalue weighted by Gasteiger charge is 2.38. The van der Waals surface area contributed by atoms with Crippen LogP contribution in [0.25, 0.3) is 0 Å². The van der Waals surface area contributed by atoms with Crippen LogP contribution in [0.5, 0.6) is 5.75 Å². The second kappa shape index (κ2) is 7.88. The van der Waals surface area contributed by atoms with Gasteiger partial charge in [0.1, 0.15) is 5.75 Å². The Morgan fingerprint density at radius 2 is 1.96 bits per heavy atom. The van der Waals surface area contributed by atoms with Gasteiger partial charge in [-0.1, -0.05) is 24.3 Å². The van der Waals surface area contributed by atoms with Crippen molar-refractivity contribution in [2.45, 2.75) is 6.92 Å². The molecule has 2 aromatic carbocycles. The first-order chi connectivity index (χ1) is 12.6. The fraction of sp³-hybridized carbons (Fsp3) is 0.158. The third-order valence-electron chi connectivity index (χ3n) is 3.72. The molecule has 1 heterocycles. The normalized spacial score (nSPS) is 17.5. The predicted molar refractivity (Wildman–Crippen MR) is 104 cm³/mol. The number of carbonyl (C=O) groups is 2. The van der Waals surface area contributed by atoms with E-state index in [1.807, 2.05) is 19.1 Å². The summed E-state index contributed by atoms with van der Waals surface area (Å²) in [5, 5.41) is 2.62. The maximum atomic E-state index is 12.8. The molecule has 0 bridgehead atoms. The van der Waals surface area contributed by atoms with E-state index in [0.717, 1.165) is 0 Å². The Kier molecular flexibility index (Phi) is 5.38. The number of ether oxygens (including phenoxy) is 1. The second-order valence-corrected chi connectivity index (χ2v) is 5.88. The molecular formula is C19H17N3O3S. The minimum atomic E-state index is -1.06. The number of carbonyl (C=O) groups excluding carboxylic acids is 2. The van der Waals surface area contributed by atoms with E-state index in [2.05, 4.69) is 10.3 Å². The highest BCUT2D eigenvalue weighted by molar-refractivity contribution is 7.80. The van der Waals surface area contributed by atoms with Gasteiger partial charge in [-0.3, -0.25) is 19.5 Å². The molecule has 0 aliphatic carbocycles. The van der Waals surface area contributed by atoms with Crippen molar-refractivity contribution >= 4 is 46.7 Å². The van der Waals surface area contributed by atoms with E-state index in [0.29, 0.717) is 23.7 Å². The predicted octanol–water partition coefficient (Wildman–Crippen LogP) is 2.85. The molecule has 2 amide bonds. The minimum Gasteiger partial charge on any atom is -0.494 e. The zero-order valence-corrected chi connectivity index (χ0v) is 14.9. The first kappa shape index (κ1) is 17.8. The molecule has 0 aromatic heterocycles. The number of benzene rings is 2. The molecular weight excluding hydrogens is 350 g/mol. The molecule has 0 radical (unpaired) electrons. The number of nitrogens with one attached hydrogen (secondary N) is 1. The van der Waals surface area contributed by atoms with Crippen LogP contribution in [0.15, 0.2) is 59.6 Å². The van der Waals surface area contributed by atoms with Crippen molar-refractivity contribution in [1.29, 1.82) is 0 Å². The average Bonchev–Trinajstić information content (AvgIpc) is 2.63. The molecule has 1 saturated heterocycles. The Hall–Kier alpha value is -3.06. The van der Waals surface area contributed by atoms with Gasteiger partial charge in [0.15, 0.2) is 11.0 Å². The van der Waals surface area contributed by atoms with E-state index in [4.69, 9.17) is 17.0 Å². The van der Waals surface area contributed by atoms with Gasteiger partial charge in [-0.2, -0.15) is 0 Å². The van der Waals surface area contributed by atoms with Crippen LogP contribution in [-0.2, 0) is 9.59 Å². The van der Waals surface area contributed by atoms with Crippen molar-refractivity contribution in [3.8, 4) is 5.75 Å². The van der Waals surface area contributed by atoms with Crippen LogP contribution in [0.4, 0.5) is 11.4 Å². The average molecular weight is 367 g/mol. The van der Waals surface area contributed by atoms with Gasteiger partial charge in [-0.25, -0.2) is 0 Å². The number of aliphatic imine (C=N–C) groups is 1.